The normalized spacial score (nSPS) is 15.8. The van der Waals surface area contributed by atoms with E-state index in [1.165, 1.54) is 12.8 Å². The van der Waals surface area contributed by atoms with Gasteiger partial charge >= 0.3 is 0 Å². The first-order chi connectivity index (χ1) is 9.59. The number of hydrogen-bond donors (Lipinski definition) is 1. The number of carbonyl (C=O) groups is 1. The molecule has 0 atom stereocenters. The van der Waals surface area contributed by atoms with E-state index in [9.17, 15) is 4.79 Å². The molecule has 0 aromatic heterocycles. The first kappa shape index (κ1) is 14.9. The van der Waals surface area contributed by atoms with Crippen LogP contribution in [0.1, 0.15) is 51.5 Å². The van der Waals surface area contributed by atoms with E-state index in [0.717, 1.165) is 30.5 Å². The SMILES string of the molecule is CC(C)N(C(=O)CCc1ccccc1N)C1CCCC1. The molecule has 1 fully saturated rings. The minimum Gasteiger partial charge on any atom is -0.399 e. The highest BCUT2D eigenvalue weighted by Crippen LogP contribution is 2.26. The number of aryl methyl sites for hydroxylation is 1. The standard InChI is InChI=1S/C17H26N2O/c1-13(2)19(15-8-4-5-9-15)17(20)12-11-14-7-3-6-10-16(14)18/h3,6-7,10,13,15H,4-5,8-9,11-12,18H2,1-2H3. The highest BCUT2D eigenvalue weighted by Gasteiger charge is 2.28. The van der Waals surface area contributed by atoms with Crippen LogP contribution in [0.25, 0.3) is 0 Å². The fraction of sp³-hybridized carbons (Fsp3) is 0.588. The fourth-order valence-corrected chi connectivity index (χ4v) is 3.23. The third kappa shape index (κ3) is 3.53. The molecule has 2 N–H and O–H groups in total. The second-order valence-corrected chi connectivity index (χ2v) is 6.03. The van der Waals surface area contributed by atoms with Gasteiger partial charge in [-0.2, -0.15) is 0 Å². The number of nitrogens with zero attached hydrogens (tertiary/aromatic N) is 1. The summed E-state index contributed by atoms with van der Waals surface area (Å²) in [5.74, 6) is 0.273. The largest absolute Gasteiger partial charge is 0.399 e. The third-order valence-electron chi connectivity index (χ3n) is 4.23. The molecule has 2 rings (SSSR count). The number of carbonyl (C=O) groups excluding carboxylic acids is 1. The molecule has 0 bridgehead atoms. The zero-order valence-corrected chi connectivity index (χ0v) is 12.6. The molecule has 0 spiro atoms. The number of anilines is 1. The van der Waals surface area contributed by atoms with Crippen molar-refractivity contribution in [3.8, 4) is 0 Å². The highest BCUT2D eigenvalue weighted by molar-refractivity contribution is 5.77. The summed E-state index contributed by atoms with van der Waals surface area (Å²) in [7, 11) is 0. The maximum absolute atomic E-state index is 12.5. The number of amides is 1. The van der Waals surface area contributed by atoms with E-state index in [1.54, 1.807) is 0 Å². The Morgan fingerprint density at radius 3 is 2.55 bits per heavy atom. The van der Waals surface area contributed by atoms with Crippen molar-refractivity contribution in [1.82, 2.24) is 4.90 Å². The quantitative estimate of drug-likeness (QED) is 0.837. The Bertz CT molecular complexity index is 450. The first-order valence-corrected chi connectivity index (χ1v) is 7.74. The lowest BCUT2D eigenvalue weighted by Crippen LogP contribution is -2.43. The third-order valence-corrected chi connectivity index (χ3v) is 4.23. The van der Waals surface area contributed by atoms with Crippen molar-refractivity contribution < 1.29 is 4.79 Å². The minimum absolute atomic E-state index is 0.273. The van der Waals surface area contributed by atoms with Crippen LogP contribution in [-0.2, 0) is 11.2 Å². The van der Waals surface area contributed by atoms with Gasteiger partial charge in [0.25, 0.3) is 0 Å². The minimum atomic E-state index is 0.273. The van der Waals surface area contributed by atoms with Crippen LogP contribution >= 0.6 is 0 Å². The lowest BCUT2D eigenvalue weighted by atomic mass is 10.1. The van der Waals surface area contributed by atoms with Gasteiger partial charge in [0.2, 0.25) is 5.91 Å². The Hall–Kier alpha value is -1.51. The van der Waals surface area contributed by atoms with Crippen LogP contribution in [-0.4, -0.2) is 22.9 Å². The van der Waals surface area contributed by atoms with Crippen LogP contribution in [0.2, 0.25) is 0 Å². The maximum Gasteiger partial charge on any atom is 0.223 e. The Labute approximate surface area is 122 Å². The average Bonchev–Trinajstić information content (AvgIpc) is 2.91. The van der Waals surface area contributed by atoms with Gasteiger partial charge in [0.1, 0.15) is 0 Å². The molecule has 1 aliphatic rings. The molecule has 0 unspecified atom stereocenters. The Morgan fingerprint density at radius 2 is 1.95 bits per heavy atom. The molecule has 0 heterocycles. The second kappa shape index (κ2) is 6.78. The summed E-state index contributed by atoms with van der Waals surface area (Å²) in [6.07, 6.45) is 6.14. The molecule has 0 radical (unpaired) electrons. The lowest BCUT2D eigenvalue weighted by Gasteiger charge is -2.33. The molecule has 1 aromatic rings. The number of hydrogen-bond acceptors (Lipinski definition) is 2. The molecule has 0 saturated heterocycles. The van der Waals surface area contributed by atoms with E-state index >= 15 is 0 Å². The van der Waals surface area contributed by atoms with Crippen molar-refractivity contribution in [3.63, 3.8) is 0 Å². The lowest BCUT2D eigenvalue weighted by molar-refractivity contribution is -0.135. The molecule has 0 aliphatic heterocycles. The number of benzene rings is 1. The average molecular weight is 274 g/mol. The van der Waals surface area contributed by atoms with E-state index in [-0.39, 0.29) is 5.91 Å². The summed E-state index contributed by atoms with van der Waals surface area (Å²) in [5, 5.41) is 0. The monoisotopic (exact) mass is 274 g/mol. The van der Waals surface area contributed by atoms with Gasteiger partial charge < -0.3 is 10.6 Å². The van der Waals surface area contributed by atoms with Crippen LogP contribution in [0, 0.1) is 0 Å². The van der Waals surface area contributed by atoms with Crippen LogP contribution < -0.4 is 5.73 Å². The van der Waals surface area contributed by atoms with Crippen molar-refractivity contribution in [2.24, 2.45) is 0 Å². The predicted molar refractivity (Wildman–Crippen MR) is 83.4 cm³/mol. The van der Waals surface area contributed by atoms with Gasteiger partial charge in [0, 0.05) is 24.2 Å². The maximum atomic E-state index is 12.5. The van der Waals surface area contributed by atoms with Crippen molar-refractivity contribution >= 4 is 11.6 Å². The van der Waals surface area contributed by atoms with Gasteiger partial charge in [-0.1, -0.05) is 31.0 Å². The molecule has 1 amide bonds. The van der Waals surface area contributed by atoms with Gasteiger partial charge in [-0.3, -0.25) is 4.79 Å². The molecule has 20 heavy (non-hydrogen) atoms. The van der Waals surface area contributed by atoms with Gasteiger partial charge in [-0.05, 0) is 44.7 Å². The summed E-state index contributed by atoms with van der Waals surface area (Å²) < 4.78 is 0. The highest BCUT2D eigenvalue weighted by atomic mass is 16.2. The zero-order chi connectivity index (χ0) is 14.5. The van der Waals surface area contributed by atoms with E-state index in [1.807, 2.05) is 24.3 Å². The molecule has 110 valence electrons. The van der Waals surface area contributed by atoms with E-state index in [0.29, 0.717) is 18.5 Å². The van der Waals surface area contributed by atoms with Crippen molar-refractivity contribution in [3.05, 3.63) is 29.8 Å². The molecule has 3 nitrogen and oxygen atoms in total. The van der Waals surface area contributed by atoms with Crippen molar-refractivity contribution in [1.29, 1.82) is 0 Å². The van der Waals surface area contributed by atoms with Crippen LogP contribution in [0.5, 0.6) is 0 Å². The Balaban J connectivity index is 1.97. The fourth-order valence-electron chi connectivity index (χ4n) is 3.23. The van der Waals surface area contributed by atoms with E-state index < -0.39 is 0 Å². The molecular weight excluding hydrogens is 248 g/mol. The first-order valence-electron chi connectivity index (χ1n) is 7.74. The topological polar surface area (TPSA) is 46.3 Å². The number of para-hydroxylation sites is 1. The molecule has 1 saturated carbocycles. The molecule has 1 aromatic carbocycles. The van der Waals surface area contributed by atoms with Crippen molar-refractivity contribution in [2.45, 2.75) is 64.5 Å². The van der Waals surface area contributed by atoms with Crippen LogP contribution in [0.15, 0.2) is 24.3 Å². The van der Waals surface area contributed by atoms with Gasteiger partial charge in [-0.25, -0.2) is 0 Å². The Kier molecular flexibility index (Phi) is 5.05. The summed E-state index contributed by atoms with van der Waals surface area (Å²) in [6.45, 7) is 4.24. The summed E-state index contributed by atoms with van der Waals surface area (Å²) in [6, 6.07) is 8.57. The second-order valence-electron chi connectivity index (χ2n) is 6.03. The molecular formula is C17H26N2O. The molecule has 1 aliphatic carbocycles. The molecule has 3 heteroatoms. The van der Waals surface area contributed by atoms with Gasteiger partial charge in [0.15, 0.2) is 0 Å². The van der Waals surface area contributed by atoms with Gasteiger partial charge in [-0.15, -0.1) is 0 Å². The number of nitrogen functional groups attached to an aromatic ring is 1. The van der Waals surface area contributed by atoms with Crippen LogP contribution in [0.4, 0.5) is 5.69 Å². The smallest absolute Gasteiger partial charge is 0.223 e. The summed E-state index contributed by atoms with van der Waals surface area (Å²) >= 11 is 0. The number of rotatable bonds is 5. The number of nitrogens with two attached hydrogens (primary N) is 1. The van der Waals surface area contributed by atoms with Crippen molar-refractivity contribution in [2.75, 3.05) is 5.73 Å². The van der Waals surface area contributed by atoms with E-state index in [2.05, 4.69) is 18.7 Å². The predicted octanol–water partition coefficient (Wildman–Crippen LogP) is 3.38. The summed E-state index contributed by atoms with van der Waals surface area (Å²) in [4.78, 5) is 14.6. The van der Waals surface area contributed by atoms with E-state index in [4.69, 9.17) is 5.73 Å². The zero-order valence-electron chi connectivity index (χ0n) is 12.6. The summed E-state index contributed by atoms with van der Waals surface area (Å²) in [5.41, 5.74) is 7.81. The van der Waals surface area contributed by atoms with Crippen LogP contribution in [0.3, 0.4) is 0 Å². The van der Waals surface area contributed by atoms with Gasteiger partial charge in [0.05, 0.1) is 0 Å². The Morgan fingerprint density at radius 1 is 1.30 bits per heavy atom.